The number of hydrogen-bond acceptors (Lipinski definition) is 2. The maximum Gasteiger partial charge on any atom is 0.371 e. The highest BCUT2D eigenvalue weighted by Crippen LogP contribution is 2.22. The molecule has 2 aromatic rings. The molecule has 0 unspecified atom stereocenters. The fourth-order valence-corrected chi connectivity index (χ4v) is 2.44. The lowest BCUT2D eigenvalue weighted by Gasteiger charge is -1.97. The Bertz CT molecular complexity index is 538. The van der Waals surface area contributed by atoms with Gasteiger partial charge >= 0.3 is 5.97 Å². The molecule has 6 heteroatoms. The fraction of sp³-hybridized carbons (Fsp3) is 0.111. The number of aromatic amines is 1. The summed E-state index contributed by atoms with van der Waals surface area (Å²) in [6.45, 7) is 0. The number of imidazole rings is 1. The van der Waals surface area contributed by atoms with Crippen LogP contribution >= 0.6 is 38.5 Å². The Kier molecular flexibility index (Phi) is 2.96. The molecule has 0 saturated heterocycles. The summed E-state index contributed by atoms with van der Waals surface area (Å²) in [6.07, 6.45) is 0. The number of rotatable bonds is 2. The first kappa shape index (κ1) is 10.9. The minimum atomic E-state index is -1.04. The van der Waals surface area contributed by atoms with Crippen LogP contribution in [0.2, 0.25) is 0 Å². The molecular formula is C9H6BrIN2O2. The van der Waals surface area contributed by atoms with Gasteiger partial charge in [0.1, 0.15) is 5.52 Å². The van der Waals surface area contributed by atoms with Gasteiger partial charge in [-0.2, -0.15) is 0 Å². The van der Waals surface area contributed by atoms with E-state index in [-0.39, 0.29) is 5.82 Å². The van der Waals surface area contributed by atoms with Crippen LogP contribution in [0.5, 0.6) is 0 Å². The van der Waals surface area contributed by atoms with Gasteiger partial charge in [-0.1, -0.05) is 15.9 Å². The zero-order valence-electron chi connectivity index (χ0n) is 7.42. The fourth-order valence-electron chi connectivity index (χ4n) is 1.31. The van der Waals surface area contributed by atoms with E-state index in [4.69, 9.17) is 5.11 Å². The van der Waals surface area contributed by atoms with Crippen molar-refractivity contribution in [1.82, 2.24) is 9.97 Å². The van der Waals surface area contributed by atoms with Gasteiger partial charge < -0.3 is 10.1 Å². The second kappa shape index (κ2) is 4.09. The molecular weight excluding hydrogens is 375 g/mol. The molecule has 4 nitrogen and oxygen atoms in total. The summed E-state index contributed by atoms with van der Waals surface area (Å²) in [4.78, 5) is 17.5. The lowest BCUT2D eigenvalue weighted by Crippen LogP contribution is -1.97. The third-order valence-electron chi connectivity index (χ3n) is 1.96. The quantitative estimate of drug-likeness (QED) is 0.621. The van der Waals surface area contributed by atoms with E-state index in [2.05, 4.69) is 48.5 Å². The largest absolute Gasteiger partial charge is 0.475 e. The van der Waals surface area contributed by atoms with Gasteiger partial charge in [-0.15, -0.1) is 0 Å². The SMILES string of the molecule is O=C(O)c1nc2c(I)cc(CBr)cc2[nH]1. The van der Waals surface area contributed by atoms with Crippen molar-refractivity contribution in [3.8, 4) is 0 Å². The van der Waals surface area contributed by atoms with Crippen molar-refractivity contribution in [2.75, 3.05) is 0 Å². The number of aromatic nitrogens is 2. The number of H-pyrrole nitrogens is 1. The Morgan fingerprint density at radius 1 is 1.60 bits per heavy atom. The number of nitrogens with one attached hydrogen (secondary N) is 1. The maximum atomic E-state index is 10.7. The van der Waals surface area contributed by atoms with E-state index in [9.17, 15) is 4.79 Å². The topological polar surface area (TPSA) is 66.0 Å². The molecule has 15 heavy (non-hydrogen) atoms. The van der Waals surface area contributed by atoms with E-state index in [1.165, 1.54) is 0 Å². The van der Waals surface area contributed by atoms with Crippen molar-refractivity contribution in [3.63, 3.8) is 0 Å². The number of carboxylic acids is 1. The van der Waals surface area contributed by atoms with Gasteiger partial charge in [0.25, 0.3) is 0 Å². The first-order chi connectivity index (χ1) is 7.11. The molecule has 0 radical (unpaired) electrons. The number of aromatic carboxylic acids is 1. The van der Waals surface area contributed by atoms with Crippen molar-refractivity contribution < 1.29 is 9.90 Å². The highest BCUT2D eigenvalue weighted by Gasteiger charge is 2.12. The van der Waals surface area contributed by atoms with E-state index in [1.807, 2.05) is 12.1 Å². The molecule has 0 amide bonds. The van der Waals surface area contributed by atoms with E-state index in [0.717, 1.165) is 20.0 Å². The Morgan fingerprint density at radius 2 is 2.33 bits per heavy atom. The Balaban J connectivity index is 2.69. The van der Waals surface area contributed by atoms with Gasteiger partial charge in [0.15, 0.2) is 0 Å². The molecule has 0 aliphatic rings. The molecule has 0 fully saturated rings. The van der Waals surface area contributed by atoms with Crippen LogP contribution in [0.4, 0.5) is 0 Å². The van der Waals surface area contributed by atoms with Gasteiger partial charge in [0, 0.05) is 8.90 Å². The molecule has 1 aromatic heterocycles. The lowest BCUT2D eigenvalue weighted by molar-refractivity contribution is 0.0685. The van der Waals surface area contributed by atoms with Gasteiger partial charge in [-0.3, -0.25) is 0 Å². The van der Waals surface area contributed by atoms with Gasteiger partial charge in [0.05, 0.1) is 5.52 Å². The van der Waals surface area contributed by atoms with Crippen molar-refractivity contribution in [2.45, 2.75) is 5.33 Å². The zero-order valence-corrected chi connectivity index (χ0v) is 11.2. The van der Waals surface area contributed by atoms with E-state index in [0.29, 0.717) is 5.52 Å². The number of carbonyl (C=O) groups is 1. The highest BCUT2D eigenvalue weighted by molar-refractivity contribution is 14.1. The summed E-state index contributed by atoms with van der Waals surface area (Å²) in [5.74, 6) is -1.06. The molecule has 2 N–H and O–H groups in total. The molecule has 0 aliphatic carbocycles. The van der Waals surface area contributed by atoms with Crippen molar-refractivity contribution in [2.24, 2.45) is 0 Å². The zero-order chi connectivity index (χ0) is 11.0. The predicted octanol–water partition coefficient (Wildman–Crippen LogP) is 2.76. The Hall–Kier alpha value is -0.630. The van der Waals surface area contributed by atoms with Crippen LogP contribution in [0.3, 0.4) is 0 Å². The number of benzene rings is 1. The molecule has 2 rings (SSSR count). The maximum absolute atomic E-state index is 10.7. The van der Waals surface area contributed by atoms with Gasteiger partial charge in [0.2, 0.25) is 5.82 Å². The first-order valence-electron chi connectivity index (χ1n) is 4.09. The van der Waals surface area contributed by atoms with E-state index < -0.39 is 5.97 Å². The summed E-state index contributed by atoms with van der Waals surface area (Å²) in [5, 5.41) is 9.53. The van der Waals surface area contributed by atoms with E-state index >= 15 is 0 Å². The molecule has 0 bridgehead atoms. The number of carboxylic acid groups (broad SMARTS) is 1. The highest BCUT2D eigenvalue weighted by atomic mass is 127. The summed E-state index contributed by atoms with van der Waals surface area (Å²) in [6, 6.07) is 3.87. The molecule has 0 saturated carbocycles. The average molecular weight is 381 g/mol. The van der Waals surface area contributed by atoms with Crippen LogP contribution in [0, 0.1) is 3.57 Å². The number of halogens is 2. The van der Waals surface area contributed by atoms with Gasteiger partial charge in [-0.25, -0.2) is 9.78 Å². The number of fused-ring (bicyclic) bond motifs is 1. The minimum Gasteiger partial charge on any atom is -0.475 e. The normalized spacial score (nSPS) is 10.8. The number of nitrogens with zero attached hydrogens (tertiary/aromatic N) is 1. The number of alkyl halides is 1. The molecule has 0 aliphatic heterocycles. The summed E-state index contributed by atoms with van der Waals surface area (Å²) in [5.41, 5.74) is 2.55. The van der Waals surface area contributed by atoms with E-state index in [1.54, 1.807) is 0 Å². The smallest absolute Gasteiger partial charge is 0.371 e. The van der Waals surface area contributed by atoms with Gasteiger partial charge in [-0.05, 0) is 40.3 Å². The third kappa shape index (κ3) is 2.00. The van der Waals surface area contributed by atoms with Crippen LogP contribution in [-0.2, 0) is 5.33 Å². The molecule has 0 spiro atoms. The minimum absolute atomic E-state index is 0.0189. The first-order valence-corrected chi connectivity index (χ1v) is 6.29. The van der Waals surface area contributed by atoms with Crippen molar-refractivity contribution >= 4 is 55.5 Å². The Morgan fingerprint density at radius 3 is 2.93 bits per heavy atom. The molecule has 1 aromatic carbocycles. The van der Waals surface area contributed by atoms with Crippen LogP contribution in [-0.4, -0.2) is 21.0 Å². The summed E-state index contributed by atoms with van der Waals surface area (Å²) >= 11 is 5.51. The average Bonchev–Trinajstić information content (AvgIpc) is 2.61. The van der Waals surface area contributed by atoms with Crippen LogP contribution in [0.25, 0.3) is 11.0 Å². The summed E-state index contributed by atoms with van der Waals surface area (Å²) < 4.78 is 0.948. The second-order valence-corrected chi connectivity index (χ2v) is 4.72. The lowest BCUT2D eigenvalue weighted by atomic mass is 10.2. The van der Waals surface area contributed by atoms with Crippen LogP contribution in [0.1, 0.15) is 16.2 Å². The van der Waals surface area contributed by atoms with Crippen molar-refractivity contribution in [3.05, 3.63) is 27.1 Å². The summed E-state index contributed by atoms with van der Waals surface area (Å²) in [7, 11) is 0. The molecule has 0 atom stereocenters. The number of hydrogen-bond donors (Lipinski definition) is 2. The Labute approximate surface area is 107 Å². The second-order valence-electron chi connectivity index (χ2n) is 3.00. The predicted molar refractivity (Wildman–Crippen MR) is 68.4 cm³/mol. The third-order valence-corrected chi connectivity index (χ3v) is 3.43. The monoisotopic (exact) mass is 380 g/mol. The van der Waals surface area contributed by atoms with Crippen LogP contribution in [0.15, 0.2) is 12.1 Å². The standard InChI is InChI=1S/C9H6BrIN2O2/c10-3-4-1-5(11)7-6(2-4)12-8(13-7)9(14)15/h1-2H,3H2,(H,12,13)(H,14,15). The van der Waals surface area contributed by atoms with Crippen LogP contribution < -0.4 is 0 Å². The molecule has 1 heterocycles. The van der Waals surface area contributed by atoms with Crippen molar-refractivity contribution in [1.29, 1.82) is 0 Å². The molecule has 78 valence electrons.